The van der Waals surface area contributed by atoms with Gasteiger partial charge in [0.2, 0.25) is 0 Å². The van der Waals surface area contributed by atoms with E-state index in [2.05, 4.69) is 14.3 Å². The van der Waals surface area contributed by atoms with Gasteiger partial charge in [-0.3, -0.25) is 28.0 Å². The van der Waals surface area contributed by atoms with Gasteiger partial charge in [0, 0.05) is 23.1 Å². The van der Waals surface area contributed by atoms with Gasteiger partial charge in [0.05, 0.1) is 18.3 Å². The molecule has 0 aromatic carbocycles. The third-order valence-electron chi connectivity index (χ3n) is 4.20. The molecule has 0 saturated carbocycles. The van der Waals surface area contributed by atoms with Crippen molar-refractivity contribution in [2.24, 2.45) is 5.11 Å². The lowest BCUT2D eigenvalue weighted by atomic mass is 10.1. The second-order valence-electron chi connectivity index (χ2n) is 6.59. The number of H-pyrrole nitrogens is 1. The van der Waals surface area contributed by atoms with Gasteiger partial charge in [-0.25, -0.2) is 9.11 Å². The molecular weight excluding hydrogens is 509 g/mol. The molecule has 5 N–H and O–H groups in total. The predicted octanol–water partition coefficient (Wildman–Crippen LogP) is 0.927. The standard InChI is InChI=1S/C11H16F2N5O11P3/c1-5-3-18(10(20)15-9(5)19)8-2-6(16-17-14)7(28-8)4-30(21,22)29-32(26,27)11(12,13)31(23,24)25/h3,6-8H,2,4H2,1H3,(H,21,22)(H,26,27)(H,15,19,20)(H2,23,24,25)/t6-,7+,8+/m0/s1. The summed E-state index contributed by atoms with van der Waals surface area (Å²) in [6, 6.07) is -1.30. The fourth-order valence-electron chi connectivity index (χ4n) is 2.69. The first-order valence-electron chi connectivity index (χ1n) is 8.23. The van der Waals surface area contributed by atoms with Crippen LogP contribution in [-0.2, 0) is 22.7 Å². The lowest BCUT2D eigenvalue weighted by Gasteiger charge is -2.25. The summed E-state index contributed by atoms with van der Waals surface area (Å²) in [6.45, 7) is 1.35. The van der Waals surface area contributed by atoms with E-state index in [1.54, 1.807) is 0 Å². The Kier molecular flexibility index (Phi) is 7.40. The first-order valence-corrected chi connectivity index (χ1v) is 13.2. The zero-order valence-electron chi connectivity index (χ0n) is 15.8. The Hall–Kier alpha value is -1.70. The number of alkyl halides is 2. The summed E-state index contributed by atoms with van der Waals surface area (Å²) in [7, 11) is -18.8. The Balaban J connectivity index is 2.31. The molecule has 1 aromatic heterocycles. The van der Waals surface area contributed by atoms with E-state index in [1.807, 2.05) is 4.98 Å². The maximum absolute atomic E-state index is 13.5. The van der Waals surface area contributed by atoms with Crippen LogP contribution in [0, 0.1) is 6.92 Å². The van der Waals surface area contributed by atoms with Crippen LogP contribution in [0.1, 0.15) is 18.2 Å². The molecule has 1 aliphatic rings. The molecule has 32 heavy (non-hydrogen) atoms. The van der Waals surface area contributed by atoms with Gasteiger partial charge < -0.3 is 24.3 Å². The fraction of sp³-hybridized carbons (Fsp3) is 0.636. The molecule has 2 heterocycles. The number of aromatic nitrogens is 2. The fourth-order valence-corrected chi connectivity index (χ4v) is 7.16. The van der Waals surface area contributed by atoms with Gasteiger partial charge in [-0.1, -0.05) is 5.11 Å². The van der Waals surface area contributed by atoms with Gasteiger partial charge in [0.25, 0.3) is 5.56 Å². The lowest BCUT2D eigenvalue weighted by molar-refractivity contribution is 0.00568. The number of nitrogens with zero attached hydrogens (tertiary/aromatic N) is 4. The summed E-state index contributed by atoms with van der Waals surface area (Å²) in [4.78, 5) is 64.1. The second-order valence-corrected chi connectivity index (χ2v) is 12.5. The van der Waals surface area contributed by atoms with E-state index < -0.39 is 64.0 Å². The summed E-state index contributed by atoms with van der Waals surface area (Å²) in [5.74, 6) is 0. The Labute approximate surface area is 175 Å². The van der Waals surface area contributed by atoms with Crippen molar-refractivity contribution in [1.29, 1.82) is 0 Å². The van der Waals surface area contributed by atoms with Gasteiger partial charge in [0.15, 0.2) is 0 Å². The van der Waals surface area contributed by atoms with Crippen molar-refractivity contribution in [2.45, 2.75) is 37.1 Å². The molecule has 1 saturated heterocycles. The number of ether oxygens (including phenoxy) is 1. The van der Waals surface area contributed by atoms with E-state index in [4.69, 9.17) is 20.1 Å². The lowest BCUT2D eigenvalue weighted by Crippen LogP contribution is -2.33. The Bertz CT molecular complexity index is 1200. The summed E-state index contributed by atoms with van der Waals surface area (Å²) in [6.07, 6.45) is -3.42. The quantitative estimate of drug-likeness (QED) is 0.138. The highest BCUT2D eigenvalue weighted by atomic mass is 31.3. The Morgan fingerprint density at radius 3 is 2.47 bits per heavy atom. The molecule has 2 unspecified atom stereocenters. The second kappa shape index (κ2) is 8.92. The van der Waals surface area contributed by atoms with E-state index in [1.165, 1.54) is 6.92 Å². The SMILES string of the molecule is Cc1cn([C@H]2C[C@H](N=[N+]=[N-])[C@@H](CP(=O)(O)OP(=O)(O)C(F)(F)P(=O)(O)O)O2)c(=O)[nH]c1=O. The van der Waals surface area contributed by atoms with Crippen LogP contribution in [0.25, 0.3) is 10.4 Å². The minimum Gasteiger partial charge on any atom is -0.354 e. The van der Waals surface area contributed by atoms with Crippen molar-refractivity contribution in [2.75, 3.05) is 6.16 Å². The van der Waals surface area contributed by atoms with E-state index in [0.29, 0.717) is 0 Å². The maximum atomic E-state index is 13.5. The number of halogens is 2. The number of hydrogen-bond donors (Lipinski definition) is 5. The topological polar surface area (TPSA) is 254 Å². The normalized spacial score (nSPS) is 25.5. The molecule has 21 heteroatoms. The predicted molar refractivity (Wildman–Crippen MR) is 100 cm³/mol. The highest BCUT2D eigenvalue weighted by Gasteiger charge is 2.66. The number of nitrogens with one attached hydrogen (secondary N) is 1. The minimum atomic E-state index is -6.69. The highest BCUT2D eigenvalue weighted by molar-refractivity contribution is 7.76. The summed E-state index contributed by atoms with van der Waals surface area (Å²) in [5.41, 5.74) is 7.10. The van der Waals surface area contributed by atoms with Crippen LogP contribution in [0.3, 0.4) is 0 Å². The number of hydrogen-bond acceptors (Lipinski definition) is 8. The molecule has 1 fully saturated rings. The van der Waals surface area contributed by atoms with Crippen LogP contribution in [0.4, 0.5) is 8.78 Å². The molecule has 0 amide bonds. The van der Waals surface area contributed by atoms with Crippen molar-refractivity contribution in [3.05, 3.63) is 43.0 Å². The smallest absolute Gasteiger partial charge is 0.354 e. The van der Waals surface area contributed by atoms with E-state index in [9.17, 15) is 41.9 Å². The summed E-state index contributed by atoms with van der Waals surface area (Å²) < 4.78 is 71.6. The maximum Gasteiger partial charge on any atom is 0.444 e. The molecule has 1 aliphatic heterocycles. The van der Waals surface area contributed by atoms with Crippen molar-refractivity contribution in [3.8, 4) is 0 Å². The molecule has 0 aliphatic carbocycles. The molecule has 0 radical (unpaired) electrons. The number of rotatable bonds is 8. The average Bonchev–Trinajstić information content (AvgIpc) is 2.97. The van der Waals surface area contributed by atoms with Crippen molar-refractivity contribution in [3.63, 3.8) is 0 Å². The van der Waals surface area contributed by atoms with Crippen LogP contribution < -0.4 is 11.2 Å². The van der Waals surface area contributed by atoms with Gasteiger partial charge in [-0.15, -0.1) is 0 Å². The van der Waals surface area contributed by atoms with Crippen molar-refractivity contribution in [1.82, 2.24) is 9.55 Å². The van der Waals surface area contributed by atoms with Gasteiger partial charge in [-0.05, 0) is 12.5 Å². The molecule has 5 atom stereocenters. The molecule has 0 spiro atoms. The number of azide groups is 1. The van der Waals surface area contributed by atoms with Gasteiger partial charge >= 0.3 is 33.9 Å². The third kappa shape index (κ3) is 5.43. The Morgan fingerprint density at radius 2 is 1.94 bits per heavy atom. The highest BCUT2D eigenvalue weighted by Crippen LogP contribution is 2.77. The van der Waals surface area contributed by atoms with E-state index in [-0.39, 0.29) is 12.0 Å². The first kappa shape index (κ1) is 26.6. The molecular formula is C11H16F2N5O11P3. The van der Waals surface area contributed by atoms with E-state index >= 15 is 0 Å². The van der Waals surface area contributed by atoms with Crippen molar-refractivity contribution >= 4 is 22.8 Å². The van der Waals surface area contributed by atoms with E-state index in [0.717, 1.165) is 10.8 Å². The van der Waals surface area contributed by atoms with Crippen LogP contribution in [-0.4, -0.2) is 52.8 Å². The monoisotopic (exact) mass is 525 g/mol. The number of aryl methyl sites for hydroxylation is 1. The molecule has 1 aromatic rings. The largest absolute Gasteiger partial charge is 0.444 e. The van der Waals surface area contributed by atoms with Crippen molar-refractivity contribution < 1.29 is 51.1 Å². The van der Waals surface area contributed by atoms with Gasteiger partial charge in [-0.2, -0.15) is 8.78 Å². The van der Waals surface area contributed by atoms with Crippen LogP contribution >= 0.6 is 22.8 Å². The molecule has 180 valence electrons. The van der Waals surface area contributed by atoms with Crippen LogP contribution in [0.15, 0.2) is 20.9 Å². The first-order chi connectivity index (χ1) is 14.4. The third-order valence-corrected chi connectivity index (χ3v) is 9.85. The summed E-state index contributed by atoms with van der Waals surface area (Å²) >= 11 is 0. The van der Waals surface area contributed by atoms with Crippen LogP contribution in [0.5, 0.6) is 0 Å². The molecule has 16 nitrogen and oxygen atoms in total. The Morgan fingerprint density at radius 1 is 1.34 bits per heavy atom. The minimum absolute atomic E-state index is 0.0778. The van der Waals surface area contributed by atoms with Crippen LogP contribution in [0.2, 0.25) is 0 Å². The average molecular weight is 525 g/mol. The van der Waals surface area contributed by atoms with Gasteiger partial charge in [0.1, 0.15) is 6.23 Å². The molecule has 0 bridgehead atoms. The number of aromatic amines is 1. The zero-order chi connectivity index (χ0) is 24.7. The zero-order valence-corrected chi connectivity index (χ0v) is 18.4. The summed E-state index contributed by atoms with van der Waals surface area (Å²) in [5, 5.41) is -2.40. The molecule has 2 rings (SSSR count).